The van der Waals surface area contributed by atoms with Gasteiger partial charge in [-0.15, -0.1) is 11.3 Å². The van der Waals surface area contributed by atoms with Crippen molar-refractivity contribution >= 4 is 27.3 Å². The number of carbonyl (C=O) groups excluding carboxylic acids is 1. The normalized spacial score (nSPS) is 21.1. The molecule has 2 saturated heterocycles. The highest BCUT2D eigenvalue weighted by Gasteiger charge is 2.32. The minimum atomic E-state index is -3.64. The molecule has 0 atom stereocenters. The van der Waals surface area contributed by atoms with E-state index in [2.05, 4.69) is 5.32 Å². The Hall–Kier alpha value is -1.00. The lowest BCUT2D eigenvalue weighted by atomic mass is 10.3. The van der Waals surface area contributed by atoms with Crippen molar-refractivity contribution in [2.45, 2.75) is 11.3 Å². The van der Waals surface area contributed by atoms with Crippen LogP contribution in [0.3, 0.4) is 0 Å². The second-order valence-corrected chi connectivity index (χ2v) is 8.35. The predicted molar refractivity (Wildman–Crippen MR) is 87.3 cm³/mol. The van der Waals surface area contributed by atoms with Gasteiger partial charge in [0.15, 0.2) is 0 Å². The van der Waals surface area contributed by atoms with Crippen molar-refractivity contribution in [2.75, 3.05) is 52.5 Å². The van der Waals surface area contributed by atoms with Gasteiger partial charge in [-0.25, -0.2) is 8.42 Å². The largest absolute Gasteiger partial charge is 0.379 e. The number of nitrogens with zero attached hydrogens (tertiary/aromatic N) is 2. The zero-order valence-electron chi connectivity index (χ0n) is 12.9. The monoisotopic (exact) mass is 359 g/mol. The van der Waals surface area contributed by atoms with E-state index in [1.807, 2.05) is 0 Å². The maximum absolute atomic E-state index is 12.8. The van der Waals surface area contributed by atoms with E-state index >= 15 is 0 Å². The highest BCUT2D eigenvalue weighted by Crippen LogP contribution is 2.27. The smallest absolute Gasteiger partial charge is 0.265 e. The van der Waals surface area contributed by atoms with Gasteiger partial charge in [-0.3, -0.25) is 4.79 Å². The summed E-state index contributed by atoms with van der Waals surface area (Å²) < 4.78 is 32.3. The predicted octanol–water partition coefficient (Wildman–Crippen LogP) is 0.205. The molecule has 1 aromatic heterocycles. The van der Waals surface area contributed by atoms with Crippen LogP contribution in [0.25, 0.3) is 0 Å². The van der Waals surface area contributed by atoms with Gasteiger partial charge in [-0.2, -0.15) is 4.31 Å². The molecule has 128 valence electrons. The molecule has 0 radical (unpaired) electrons. The second-order valence-electron chi connectivity index (χ2n) is 5.53. The van der Waals surface area contributed by atoms with Crippen LogP contribution in [0.15, 0.2) is 16.3 Å². The highest BCUT2D eigenvalue weighted by molar-refractivity contribution is 7.89. The van der Waals surface area contributed by atoms with E-state index in [1.165, 1.54) is 15.6 Å². The number of carbonyl (C=O) groups is 1. The molecule has 1 amide bonds. The topological polar surface area (TPSA) is 79.0 Å². The molecule has 0 saturated carbocycles. The maximum atomic E-state index is 12.8. The summed E-state index contributed by atoms with van der Waals surface area (Å²) in [6.07, 6.45) is 0.878. The molecule has 0 aromatic carbocycles. The molecule has 2 aliphatic heterocycles. The van der Waals surface area contributed by atoms with Crippen LogP contribution in [0.1, 0.15) is 16.1 Å². The van der Waals surface area contributed by atoms with Gasteiger partial charge < -0.3 is 15.0 Å². The third-order valence-electron chi connectivity index (χ3n) is 4.04. The first kappa shape index (κ1) is 16.8. The quantitative estimate of drug-likeness (QED) is 0.834. The lowest BCUT2D eigenvalue weighted by Crippen LogP contribution is -2.41. The van der Waals surface area contributed by atoms with Crippen LogP contribution in [0.5, 0.6) is 0 Å². The molecule has 2 aliphatic rings. The highest BCUT2D eigenvalue weighted by atomic mass is 32.2. The maximum Gasteiger partial charge on any atom is 0.265 e. The lowest BCUT2D eigenvalue weighted by molar-refractivity contribution is 0.0727. The Morgan fingerprint density at radius 3 is 2.74 bits per heavy atom. The van der Waals surface area contributed by atoms with Crippen molar-refractivity contribution in [3.05, 3.63) is 16.3 Å². The zero-order valence-corrected chi connectivity index (χ0v) is 14.5. The number of hydrogen-bond donors (Lipinski definition) is 1. The summed E-state index contributed by atoms with van der Waals surface area (Å²) in [5, 5.41) is 4.92. The van der Waals surface area contributed by atoms with Crippen molar-refractivity contribution in [3.8, 4) is 0 Å². The number of ether oxygens (including phenoxy) is 1. The first-order valence-electron chi connectivity index (χ1n) is 7.76. The number of nitrogens with one attached hydrogen (secondary N) is 1. The van der Waals surface area contributed by atoms with Crippen molar-refractivity contribution in [1.29, 1.82) is 0 Å². The minimum absolute atomic E-state index is 0.131. The standard InChI is InChI=1S/C14H21N3O4S2/c18-14(16-5-1-3-15-4-6-16)13-12(2-11-22-13)23(19,20)17-7-9-21-10-8-17/h2,11,15H,1,3-10H2. The number of thiophene rings is 1. The van der Waals surface area contributed by atoms with Crippen LogP contribution in [-0.2, 0) is 14.8 Å². The molecule has 23 heavy (non-hydrogen) atoms. The summed E-state index contributed by atoms with van der Waals surface area (Å²) in [6, 6.07) is 1.54. The molecule has 0 bridgehead atoms. The van der Waals surface area contributed by atoms with E-state index in [1.54, 1.807) is 16.3 Å². The lowest BCUT2D eigenvalue weighted by Gasteiger charge is -2.26. The minimum Gasteiger partial charge on any atom is -0.379 e. The molecule has 0 unspecified atom stereocenters. The Balaban J connectivity index is 1.84. The van der Waals surface area contributed by atoms with Gasteiger partial charge in [-0.1, -0.05) is 0 Å². The Kier molecular flexibility index (Phi) is 5.32. The summed E-state index contributed by atoms with van der Waals surface area (Å²) in [5.41, 5.74) is 0. The Bertz CT molecular complexity index is 645. The van der Waals surface area contributed by atoms with Gasteiger partial charge in [0, 0.05) is 32.7 Å². The average Bonchev–Trinajstić information content (AvgIpc) is 2.91. The molecule has 3 rings (SSSR count). The average molecular weight is 359 g/mol. The number of morpholine rings is 1. The summed E-state index contributed by atoms with van der Waals surface area (Å²) >= 11 is 1.20. The van der Waals surface area contributed by atoms with Crippen LogP contribution >= 0.6 is 11.3 Å². The fourth-order valence-electron chi connectivity index (χ4n) is 2.78. The summed E-state index contributed by atoms with van der Waals surface area (Å²) in [4.78, 5) is 15.0. The fraction of sp³-hybridized carbons (Fsp3) is 0.643. The molecular weight excluding hydrogens is 338 g/mol. The summed E-state index contributed by atoms with van der Waals surface area (Å²) in [7, 11) is -3.64. The van der Waals surface area contributed by atoms with E-state index in [0.29, 0.717) is 44.3 Å². The molecule has 1 aromatic rings. The van der Waals surface area contributed by atoms with Gasteiger partial charge >= 0.3 is 0 Å². The number of amides is 1. The van der Waals surface area contributed by atoms with Crippen LogP contribution in [0.2, 0.25) is 0 Å². The van der Waals surface area contributed by atoms with Gasteiger partial charge in [0.25, 0.3) is 5.91 Å². The first-order valence-corrected chi connectivity index (χ1v) is 10.1. The van der Waals surface area contributed by atoms with Crippen LogP contribution < -0.4 is 5.32 Å². The number of hydrogen-bond acceptors (Lipinski definition) is 6. The molecule has 7 nitrogen and oxygen atoms in total. The number of sulfonamides is 1. The molecule has 2 fully saturated rings. The third-order valence-corrected chi connectivity index (χ3v) is 7.01. The molecule has 0 spiro atoms. The molecule has 9 heteroatoms. The summed E-state index contributed by atoms with van der Waals surface area (Å²) in [5.74, 6) is -0.185. The van der Waals surface area contributed by atoms with E-state index in [9.17, 15) is 13.2 Å². The van der Waals surface area contributed by atoms with Crippen LogP contribution in [-0.4, -0.2) is 76.0 Å². The van der Waals surface area contributed by atoms with E-state index in [4.69, 9.17) is 4.74 Å². The Morgan fingerprint density at radius 1 is 1.17 bits per heavy atom. The van der Waals surface area contributed by atoms with Crippen molar-refractivity contribution in [3.63, 3.8) is 0 Å². The van der Waals surface area contributed by atoms with Gasteiger partial charge in [0.05, 0.1) is 13.2 Å². The van der Waals surface area contributed by atoms with Gasteiger partial charge in [0.1, 0.15) is 9.77 Å². The van der Waals surface area contributed by atoms with Gasteiger partial charge in [-0.05, 0) is 24.4 Å². The third kappa shape index (κ3) is 3.58. The summed E-state index contributed by atoms with van der Waals surface area (Å²) in [6.45, 7) is 4.33. The molecular formula is C14H21N3O4S2. The first-order chi connectivity index (χ1) is 11.1. The Morgan fingerprint density at radius 2 is 1.96 bits per heavy atom. The molecule has 0 aliphatic carbocycles. The molecule has 1 N–H and O–H groups in total. The molecule has 3 heterocycles. The van der Waals surface area contributed by atoms with E-state index in [-0.39, 0.29) is 10.8 Å². The van der Waals surface area contributed by atoms with Crippen molar-refractivity contribution < 1.29 is 17.9 Å². The van der Waals surface area contributed by atoms with Gasteiger partial charge in [0.2, 0.25) is 10.0 Å². The second kappa shape index (κ2) is 7.27. The van der Waals surface area contributed by atoms with Crippen molar-refractivity contribution in [2.24, 2.45) is 0 Å². The fourth-order valence-corrected chi connectivity index (χ4v) is 5.55. The van der Waals surface area contributed by atoms with Crippen LogP contribution in [0.4, 0.5) is 0 Å². The van der Waals surface area contributed by atoms with E-state index in [0.717, 1.165) is 19.5 Å². The number of rotatable bonds is 3. The Labute approximate surface area is 140 Å². The SMILES string of the molecule is O=C(c1sccc1S(=O)(=O)N1CCOCC1)N1CCCNCC1. The van der Waals surface area contributed by atoms with Crippen molar-refractivity contribution in [1.82, 2.24) is 14.5 Å². The van der Waals surface area contributed by atoms with E-state index < -0.39 is 10.0 Å². The zero-order chi connectivity index (χ0) is 16.3. The van der Waals surface area contributed by atoms with Crippen LogP contribution in [0, 0.1) is 0 Å².